The number of hydrogen-bond acceptors (Lipinski definition) is 5. The molecule has 0 aliphatic carbocycles. The van der Waals surface area contributed by atoms with E-state index in [9.17, 15) is 0 Å². The average Bonchev–Trinajstić information content (AvgIpc) is 2.45. The Morgan fingerprint density at radius 3 is 2.47 bits per heavy atom. The Hall–Kier alpha value is -1.36. The lowest BCUT2D eigenvalue weighted by Crippen LogP contribution is -2.27. The zero-order valence-electron chi connectivity index (χ0n) is 12.2. The number of nitrogens with one attached hydrogen (secondary N) is 1. The van der Waals surface area contributed by atoms with Crippen molar-refractivity contribution in [3.63, 3.8) is 0 Å². The van der Waals surface area contributed by atoms with Gasteiger partial charge in [-0.25, -0.2) is 4.98 Å². The molecule has 0 aliphatic rings. The molecule has 1 heterocycles. The average molecular weight is 265 g/mol. The molecular weight excluding hydrogens is 238 g/mol. The van der Waals surface area contributed by atoms with Crippen molar-refractivity contribution in [3.8, 4) is 0 Å². The minimum absolute atomic E-state index is 0.586. The molecule has 0 amide bonds. The van der Waals surface area contributed by atoms with Crippen LogP contribution in [-0.2, 0) is 0 Å². The maximum Gasteiger partial charge on any atom is 0.224 e. The number of aromatic nitrogens is 2. The topological polar surface area (TPSA) is 67.1 Å². The van der Waals surface area contributed by atoms with Crippen LogP contribution in [0.15, 0.2) is 12.3 Å². The molecule has 1 aromatic heterocycles. The first kappa shape index (κ1) is 15.7. The van der Waals surface area contributed by atoms with Crippen LogP contribution in [0.2, 0.25) is 0 Å². The van der Waals surface area contributed by atoms with E-state index < -0.39 is 0 Å². The van der Waals surface area contributed by atoms with Crippen LogP contribution >= 0.6 is 0 Å². The fourth-order valence-corrected chi connectivity index (χ4v) is 1.83. The van der Waals surface area contributed by atoms with Gasteiger partial charge >= 0.3 is 0 Å². The molecule has 5 heteroatoms. The molecule has 0 atom stereocenters. The van der Waals surface area contributed by atoms with Gasteiger partial charge in [-0.3, -0.25) is 0 Å². The first-order valence-electron chi connectivity index (χ1n) is 7.33. The van der Waals surface area contributed by atoms with Crippen molar-refractivity contribution in [3.05, 3.63) is 12.3 Å². The quantitative estimate of drug-likeness (QED) is 0.679. The minimum atomic E-state index is 0.586. The maximum atomic E-state index is 5.48. The molecule has 0 radical (unpaired) electrons. The summed E-state index contributed by atoms with van der Waals surface area (Å²) in [6.07, 6.45) is 6.60. The van der Waals surface area contributed by atoms with Crippen LogP contribution in [0.25, 0.3) is 0 Å². The number of nitrogens with two attached hydrogens (primary N) is 1. The first-order valence-corrected chi connectivity index (χ1v) is 7.33. The summed E-state index contributed by atoms with van der Waals surface area (Å²) >= 11 is 0. The molecule has 0 bridgehead atoms. The first-order chi connectivity index (χ1) is 9.31. The smallest absolute Gasteiger partial charge is 0.224 e. The van der Waals surface area contributed by atoms with Crippen LogP contribution in [0.4, 0.5) is 11.8 Å². The van der Waals surface area contributed by atoms with E-state index in [2.05, 4.69) is 34.0 Å². The zero-order chi connectivity index (χ0) is 13.9. The second-order valence-corrected chi connectivity index (χ2v) is 4.65. The third-order valence-electron chi connectivity index (χ3n) is 2.96. The van der Waals surface area contributed by atoms with Crippen molar-refractivity contribution in [2.45, 2.75) is 39.5 Å². The van der Waals surface area contributed by atoms with Crippen LogP contribution < -0.4 is 16.0 Å². The van der Waals surface area contributed by atoms with E-state index in [1.165, 1.54) is 25.7 Å². The largest absolute Gasteiger partial charge is 0.356 e. The number of rotatable bonds is 10. The lowest BCUT2D eigenvalue weighted by molar-refractivity contribution is 0.670. The third-order valence-corrected chi connectivity index (χ3v) is 2.96. The van der Waals surface area contributed by atoms with Crippen LogP contribution in [0.5, 0.6) is 0 Å². The van der Waals surface area contributed by atoms with Crippen molar-refractivity contribution in [2.75, 3.05) is 36.4 Å². The van der Waals surface area contributed by atoms with Gasteiger partial charge in [0.1, 0.15) is 5.82 Å². The van der Waals surface area contributed by atoms with Gasteiger partial charge in [0.2, 0.25) is 5.95 Å². The standard InChI is InChI=1S/C14H27N5/c1-3-5-11-19(12-6-4-2)13-7-9-16-14(18-13)17-10-8-15/h7,9H,3-6,8,10-12,15H2,1-2H3,(H,16,17,18). The molecule has 5 nitrogen and oxygen atoms in total. The number of unbranched alkanes of at least 4 members (excludes halogenated alkanes) is 2. The number of hydrogen-bond donors (Lipinski definition) is 2. The highest BCUT2D eigenvalue weighted by Gasteiger charge is 2.08. The van der Waals surface area contributed by atoms with E-state index in [0.717, 1.165) is 18.9 Å². The van der Waals surface area contributed by atoms with E-state index in [1.807, 2.05) is 12.3 Å². The molecular formula is C14H27N5. The third kappa shape index (κ3) is 5.87. The highest BCUT2D eigenvalue weighted by molar-refractivity contribution is 5.42. The van der Waals surface area contributed by atoms with Crippen molar-refractivity contribution in [1.82, 2.24) is 9.97 Å². The minimum Gasteiger partial charge on any atom is -0.356 e. The Bertz CT molecular complexity index is 334. The Kier molecular flexibility index (Phi) is 7.89. The van der Waals surface area contributed by atoms with Gasteiger partial charge in [-0.1, -0.05) is 26.7 Å². The highest BCUT2D eigenvalue weighted by Crippen LogP contribution is 2.14. The summed E-state index contributed by atoms with van der Waals surface area (Å²) in [6, 6.07) is 1.99. The molecule has 0 saturated heterocycles. The Labute approximate surface area is 116 Å². The van der Waals surface area contributed by atoms with E-state index in [0.29, 0.717) is 19.0 Å². The Morgan fingerprint density at radius 1 is 1.21 bits per heavy atom. The summed E-state index contributed by atoms with van der Waals surface area (Å²) in [4.78, 5) is 11.1. The molecule has 3 N–H and O–H groups in total. The van der Waals surface area contributed by atoms with E-state index in [4.69, 9.17) is 5.73 Å². The van der Waals surface area contributed by atoms with Crippen molar-refractivity contribution < 1.29 is 0 Å². The molecule has 1 aromatic rings. The van der Waals surface area contributed by atoms with Gasteiger partial charge in [-0.2, -0.15) is 4.98 Å². The van der Waals surface area contributed by atoms with Crippen LogP contribution in [-0.4, -0.2) is 36.1 Å². The zero-order valence-corrected chi connectivity index (χ0v) is 12.2. The van der Waals surface area contributed by atoms with E-state index in [-0.39, 0.29) is 0 Å². The predicted octanol–water partition coefficient (Wildman–Crippen LogP) is 2.25. The fourth-order valence-electron chi connectivity index (χ4n) is 1.83. The summed E-state index contributed by atoms with van der Waals surface area (Å²) in [5.74, 6) is 1.68. The SMILES string of the molecule is CCCCN(CCCC)c1ccnc(NCCN)n1. The molecule has 0 fully saturated rings. The molecule has 1 rings (SSSR count). The maximum absolute atomic E-state index is 5.48. The number of anilines is 2. The Morgan fingerprint density at radius 2 is 1.89 bits per heavy atom. The van der Waals surface area contributed by atoms with Gasteiger partial charge in [0.05, 0.1) is 0 Å². The lowest BCUT2D eigenvalue weighted by Gasteiger charge is -2.23. The molecule has 0 saturated carbocycles. The summed E-state index contributed by atoms with van der Waals surface area (Å²) in [7, 11) is 0. The summed E-state index contributed by atoms with van der Waals surface area (Å²) in [6.45, 7) is 7.84. The van der Waals surface area contributed by atoms with Crippen molar-refractivity contribution in [1.29, 1.82) is 0 Å². The van der Waals surface area contributed by atoms with Crippen molar-refractivity contribution >= 4 is 11.8 Å². The molecule has 0 aromatic carbocycles. The van der Waals surface area contributed by atoms with Gasteiger partial charge in [-0.05, 0) is 18.9 Å². The van der Waals surface area contributed by atoms with Crippen LogP contribution in [0, 0.1) is 0 Å². The van der Waals surface area contributed by atoms with Gasteiger partial charge < -0.3 is 16.0 Å². The van der Waals surface area contributed by atoms with Gasteiger partial charge in [0, 0.05) is 32.4 Å². The molecule has 0 aliphatic heterocycles. The van der Waals surface area contributed by atoms with Crippen LogP contribution in [0.3, 0.4) is 0 Å². The predicted molar refractivity (Wildman–Crippen MR) is 81.6 cm³/mol. The Balaban J connectivity index is 2.69. The van der Waals surface area contributed by atoms with Gasteiger partial charge in [0.25, 0.3) is 0 Å². The molecule has 0 unspecified atom stereocenters. The summed E-state index contributed by atoms with van der Waals surface area (Å²) < 4.78 is 0. The van der Waals surface area contributed by atoms with Crippen molar-refractivity contribution in [2.24, 2.45) is 5.73 Å². The molecule has 19 heavy (non-hydrogen) atoms. The lowest BCUT2D eigenvalue weighted by atomic mass is 10.2. The van der Waals surface area contributed by atoms with E-state index in [1.54, 1.807) is 0 Å². The van der Waals surface area contributed by atoms with E-state index >= 15 is 0 Å². The summed E-state index contributed by atoms with van der Waals surface area (Å²) in [5.41, 5.74) is 5.48. The molecule has 108 valence electrons. The highest BCUT2D eigenvalue weighted by atomic mass is 15.2. The monoisotopic (exact) mass is 265 g/mol. The second kappa shape index (κ2) is 9.55. The summed E-state index contributed by atoms with van der Waals surface area (Å²) in [5, 5.41) is 3.13. The fraction of sp³-hybridized carbons (Fsp3) is 0.714. The van der Waals surface area contributed by atoms with Gasteiger partial charge in [0.15, 0.2) is 0 Å². The normalized spacial score (nSPS) is 10.5. The number of nitrogens with zero attached hydrogens (tertiary/aromatic N) is 3. The van der Waals surface area contributed by atoms with Crippen LogP contribution in [0.1, 0.15) is 39.5 Å². The second-order valence-electron chi connectivity index (χ2n) is 4.65. The van der Waals surface area contributed by atoms with Gasteiger partial charge in [-0.15, -0.1) is 0 Å². The molecule has 0 spiro atoms.